The monoisotopic (exact) mass is 403 g/mol. The zero-order valence-electron chi connectivity index (χ0n) is 17.2. The van der Waals surface area contributed by atoms with Gasteiger partial charge in [0.05, 0.1) is 12.6 Å². The zero-order chi connectivity index (χ0) is 20.9. The molecular formula is C23H25N5O2. The summed E-state index contributed by atoms with van der Waals surface area (Å²) >= 11 is 0. The molecule has 1 aliphatic rings. The molecule has 0 spiro atoms. The Morgan fingerprint density at radius 2 is 1.90 bits per heavy atom. The summed E-state index contributed by atoms with van der Waals surface area (Å²) in [7, 11) is 1.63. The molecule has 2 heterocycles. The van der Waals surface area contributed by atoms with Crippen molar-refractivity contribution in [2.75, 3.05) is 25.5 Å². The summed E-state index contributed by atoms with van der Waals surface area (Å²) in [5.74, 6) is 2.07. The molecule has 30 heavy (non-hydrogen) atoms. The summed E-state index contributed by atoms with van der Waals surface area (Å²) in [5, 5.41) is 13.4. The van der Waals surface area contributed by atoms with Crippen LogP contribution in [0.3, 0.4) is 0 Å². The van der Waals surface area contributed by atoms with Gasteiger partial charge in [0, 0.05) is 43.4 Å². The lowest BCUT2D eigenvalue weighted by Gasteiger charge is -2.29. The molecule has 1 unspecified atom stereocenters. The molecule has 0 radical (unpaired) electrons. The second-order valence-corrected chi connectivity index (χ2v) is 7.42. The Morgan fingerprint density at radius 1 is 1.13 bits per heavy atom. The van der Waals surface area contributed by atoms with Crippen LogP contribution < -0.4 is 14.8 Å². The number of piperidine rings is 1. The van der Waals surface area contributed by atoms with Gasteiger partial charge in [0.2, 0.25) is 0 Å². The molecule has 7 heteroatoms. The number of anilines is 1. The third kappa shape index (κ3) is 4.23. The Labute approximate surface area is 176 Å². The maximum Gasteiger partial charge on any atom is 0.179 e. The Bertz CT molecular complexity index is 1040. The first kappa shape index (κ1) is 19.8. The lowest BCUT2D eigenvalue weighted by Crippen LogP contribution is -2.35. The highest BCUT2D eigenvalue weighted by molar-refractivity contribution is 5.91. The van der Waals surface area contributed by atoms with Crippen LogP contribution in [0.4, 0.5) is 5.82 Å². The van der Waals surface area contributed by atoms with Gasteiger partial charge in [-0.05, 0) is 18.6 Å². The summed E-state index contributed by atoms with van der Waals surface area (Å²) in [6.45, 7) is 3.52. The lowest BCUT2D eigenvalue weighted by atomic mass is 10.1. The molecule has 3 aromatic rings. The van der Waals surface area contributed by atoms with Crippen LogP contribution in [-0.2, 0) is 0 Å². The van der Waals surface area contributed by atoms with E-state index in [0.29, 0.717) is 24.6 Å². The van der Waals surface area contributed by atoms with E-state index in [1.165, 1.54) is 5.56 Å². The Kier molecular flexibility index (Phi) is 5.84. The molecule has 2 aromatic carbocycles. The quantitative estimate of drug-likeness (QED) is 0.619. The number of fused-ring (bicyclic) bond motifs is 1. The van der Waals surface area contributed by atoms with Gasteiger partial charge < -0.3 is 19.7 Å². The van der Waals surface area contributed by atoms with Gasteiger partial charge in [0.15, 0.2) is 17.7 Å². The fourth-order valence-corrected chi connectivity index (χ4v) is 3.71. The highest BCUT2D eigenvalue weighted by Gasteiger charge is 2.22. The summed E-state index contributed by atoms with van der Waals surface area (Å²) in [5.41, 5.74) is 1.97. The lowest BCUT2D eigenvalue weighted by molar-refractivity contribution is 0.123. The molecule has 1 saturated heterocycles. The van der Waals surface area contributed by atoms with Gasteiger partial charge in [0.1, 0.15) is 18.2 Å². The number of nitrogens with one attached hydrogen (secondary N) is 1. The minimum Gasteiger partial charge on any atom is -0.493 e. The number of nitrogens with zero attached hydrogens (tertiary/aromatic N) is 4. The molecule has 4 rings (SSSR count). The number of methoxy groups -OCH3 is 1. The van der Waals surface area contributed by atoms with Crippen LogP contribution in [0, 0.1) is 11.5 Å². The van der Waals surface area contributed by atoms with E-state index in [1.54, 1.807) is 18.3 Å². The average Bonchev–Trinajstić information content (AvgIpc) is 2.80. The maximum atomic E-state index is 9.05. The molecule has 1 atom stereocenters. The first-order chi connectivity index (χ1) is 14.7. The zero-order valence-corrected chi connectivity index (χ0v) is 17.2. The number of ether oxygens (including phenoxy) is 2. The van der Waals surface area contributed by atoms with Gasteiger partial charge in [0.25, 0.3) is 0 Å². The third-order valence-corrected chi connectivity index (χ3v) is 5.45. The highest BCUT2D eigenvalue weighted by Crippen LogP contribution is 2.36. The molecule has 0 amide bonds. The van der Waals surface area contributed by atoms with Crippen LogP contribution >= 0.6 is 0 Å². The van der Waals surface area contributed by atoms with E-state index < -0.39 is 0 Å². The van der Waals surface area contributed by atoms with Gasteiger partial charge in [-0.2, -0.15) is 5.26 Å². The number of benzene rings is 2. The Balaban J connectivity index is 1.61. The Hall–Kier alpha value is -3.53. The molecule has 1 aliphatic heterocycles. The second-order valence-electron chi connectivity index (χ2n) is 7.42. The van der Waals surface area contributed by atoms with Gasteiger partial charge in [-0.15, -0.1) is 0 Å². The number of rotatable bonds is 6. The third-order valence-electron chi connectivity index (χ3n) is 5.45. The molecule has 1 N–H and O–H groups in total. The molecule has 154 valence electrons. The largest absolute Gasteiger partial charge is 0.493 e. The molecule has 0 bridgehead atoms. The normalized spacial score (nSPS) is 15.4. The van der Waals surface area contributed by atoms with Gasteiger partial charge in [-0.1, -0.05) is 30.3 Å². The van der Waals surface area contributed by atoms with Crippen LogP contribution in [0.5, 0.6) is 11.5 Å². The maximum absolute atomic E-state index is 9.05. The SMILES string of the molecule is COc1cc2ncnc(NC(C)c3ccccc3)c2cc1OC1CCN(C#N)CC1. The minimum atomic E-state index is 0.0465. The smallest absolute Gasteiger partial charge is 0.179 e. The topological polar surface area (TPSA) is 83.3 Å². The van der Waals surface area contributed by atoms with Crippen LogP contribution in [0.2, 0.25) is 0 Å². The van der Waals surface area contributed by atoms with Gasteiger partial charge in [-0.3, -0.25) is 0 Å². The van der Waals surface area contributed by atoms with Crippen LogP contribution in [0.25, 0.3) is 10.9 Å². The van der Waals surface area contributed by atoms with E-state index >= 15 is 0 Å². The molecule has 1 fully saturated rings. The van der Waals surface area contributed by atoms with Crippen molar-refractivity contribution in [2.24, 2.45) is 0 Å². The van der Waals surface area contributed by atoms with E-state index in [9.17, 15) is 0 Å². The number of hydrogen-bond donors (Lipinski definition) is 1. The van der Waals surface area contributed by atoms with Crippen LogP contribution in [-0.4, -0.2) is 41.2 Å². The van der Waals surface area contributed by atoms with E-state index in [2.05, 4.69) is 40.5 Å². The van der Waals surface area contributed by atoms with E-state index in [-0.39, 0.29) is 12.1 Å². The van der Waals surface area contributed by atoms with Crippen molar-refractivity contribution < 1.29 is 9.47 Å². The number of likely N-dealkylation sites (tertiary alicyclic amines) is 1. The summed E-state index contributed by atoms with van der Waals surface area (Å²) in [6, 6.07) is 14.2. The fraction of sp³-hybridized carbons (Fsp3) is 0.348. The molecule has 1 aromatic heterocycles. The van der Waals surface area contributed by atoms with Crippen molar-refractivity contribution >= 4 is 16.7 Å². The van der Waals surface area contributed by atoms with Crippen molar-refractivity contribution in [3.63, 3.8) is 0 Å². The summed E-state index contributed by atoms with van der Waals surface area (Å²) in [6.07, 6.45) is 5.41. The van der Waals surface area contributed by atoms with Crippen LogP contribution in [0.15, 0.2) is 48.8 Å². The van der Waals surface area contributed by atoms with Gasteiger partial charge in [-0.25, -0.2) is 9.97 Å². The fourth-order valence-electron chi connectivity index (χ4n) is 3.71. The molecule has 0 aliphatic carbocycles. The summed E-state index contributed by atoms with van der Waals surface area (Å²) in [4.78, 5) is 10.6. The standard InChI is InChI=1S/C23H25N5O2/c1-16(17-6-4-3-5-7-17)27-23-19-12-22(21(29-2)13-20(19)25-15-26-23)30-18-8-10-28(14-24)11-9-18/h3-7,12-13,15-16,18H,8-11H2,1-2H3,(H,25,26,27). The van der Waals surface area contributed by atoms with Crippen molar-refractivity contribution in [1.82, 2.24) is 14.9 Å². The summed E-state index contributed by atoms with van der Waals surface area (Å²) < 4.78 is 11.8. The first-order valence-electron chi connectivity index (χ1n) is 10.1. The van der Waals surface area contributed by atoms with Gasteiger partial charge >= 0.3 is 0 Å². The average molecular weight is 403 g/mol. The molecule has 7 nitrogen and oxygen atoms in total. The predicted molar refractivity (Wildman–Crippen MR) is 115 cm³/mol. The van der Waals surface area contributed by atoms with Crippen LogP contribution in [0.1, 0.15) is 31.4 Å². The van der Waals surface area contributed by atoms with Crippen molar-refractivity contribution in [2.45, 2.75) is 31.9 Å². The number of aromatic nitrogens is 2. The van der Waals surface area contributed by atoms with E-state index in [4.69, 9.17) is 14.7 Å². The Morgan fingerprint density at radius 3 is 2.60 bits per heavy atom. The minimum absolute atomic E-state index is 0.0465. The highest BCUT2D eigenvalue weighted by atomic mass is 16.5. The van der Waals surface area contributed by atoms with Crippen molar-refractivity contribution in [3.05, 3.63) is 54.4 Å². The van der Waals surface area contributed by atoms with Crippen molar-refractivity contribution in [3.8, 4) is 17.7 Å². The molecule has 0 saturated carbocycles. The first-order valence-corrected chi connectivity index (χ1v) is 10.1. The van der Waals surface area contributed by atoms with E-state index in [0.717, 1.165) is 29.6 Å². The van der Waals surface area contributed by atoms with E-state index in [1.807, 2.05) is 30.3 Å². The number of hydrogen-bond acceptors (Lipinski definition) is 7. The van der Waals surface area contributed by atoms with Crippen molar-refractivity contribution in [1.29, 1.82) is 5.26 Å². The molecular weight excluding hydrogens is 378 g/mol. The number of nitriles is 1. The predicted octanol–water partition coefficient (Wildman–Crippen LogP) is 4.14. The second kappa shape index (κ2) is 8.87.